The van der Waals surface area contributed by atoms with E-state index in [9.17, 15) is 14.7 Å². The first-order valence-electron chi connectivity index (χ1n) is 10.2. The number of carbonyl (C=O) groups is 2. The van der Waals surface area contributed by atoms with E-state index >= 15 is 0 Å². The number of nitrogens with zero attached hydrogens (tertiary/aromatic N) is 3. The lowest BCUT2D eigenvalue weighted by Crippen LogP contribution is -2.44. The van der Waals surface area contributed by atoms with Crippen LogP contribution in [0.1, 0.15) is 42.5 Å². The van der Waals surface area contributed by atoms with Gasteiger partial charge in [-0.25, -0.2) is 4.98 Å². The number of carboxylic acid groups (broad SMARTS) is 1. The number of hydrogen-bond acceptors (Lipinski definition) is 5. The van der Waals surface area contributed by atoms with Crippen LogP contribution in [0.4, 0.5) is 0 Å². The first-order valence-corrected chi connectivity index (χ1v) is 11.0. The van der Waals surface area contributed by atoms with E-state index in [0.29, 0.717) is 31.2 Å². The highest BCUT2D eigenvalue weighted by Gasteiger charge is 2.59. The summed E-state index contributed by atoms with van der Waals surface area (Å²) in [5.41, 5.74) is 2.48. The second-order valence-electron chi connectivity index (χ2n) is 8.60. The third kappa shape index (κ3) is 2.83. The fourth-order valence-electron chi connectivity index (χ4n) is 5.46. The summed E-state index contributed by atoms with van der Waals surface area (Å²) < 4.78 is 0.988. The number of thiazole rings is 1. The lowest BCUT2D eigenvalue weighted by molar-refractivity contribution is -0.148. The lowest BCUT2D eigenvalue weighted by Gasteiger charge is -2.33. The Balaban J connectivity index is 1.35. The van der Waals surface area contributed by atoms with Gasteiger partial charge in [-0.1, -0.05) is 19.3 Å². The molecule has 2 aliphatic heterocycles. The summed E-state index contributed by atoms with van der Waals surface area (Å²) in [5.74, 6) is -0.790. The smallest absolute Gasteiger partial charge is 0.313 e. The summed E-state index contributed by atoms with van der Waals surface area (Å²) >= 11 is 1.52. The van der Waals surface area contributed by atoms with Gasteiger partial charge < -0.3 is 10.0 Å². The van der Waals surface area contributed by atoms with Gasteiger partial charge in [0.25, 0.3) is 5.91 Å². The number of rotatable bonds is 3. The van der Waals surface area contributed by atoms with Crippen molar-refractivity contribution in [3.63, 3.8) is 0 Å². The van der Waals surface area contributed by atoms with Gasteiger partial charge in [0.2, 0.25) is 0 Å². The number of likely N-dealkylation sites (tertiary alicyclic amines) is 2. The second kappa shape index (κ2) is 6.81. The van der Waals surface area contributed by atoms with Gasteiger partial charge in [-0.3, -0.25) is 14.5 Å². The Morgan fingerprint density at radius 1 is 1.14 bits per heavy atom. The molecule has 1 amide bonds. The number of hydrogen-bond donors (Lipinski definition) is 1. The van der Waals surface area contributed by atoms with Crippen LogP contribution in [0, 0.1) is 11.3 Å². The summed E-state index contributed by atoms with van der Waals surface area (Å²) in [6, 6.07) is 6.08. The number of carboxylic acids is 1. The van der Waals surface area contributed by atoms with Crippen molar-refractivity contribution in [2.45, 2.75) is 38.1 Å². The fraction of sp³-hybridized carbons (Fsp3) is 0.571. The zero-order valence-corrected chi connectivity index (χ0v) is 16.7. The van der Waals surface area contributed by atoms with Gasteiger partial charge in [0.05, 0.1) is 15.7 Å². The Labute approximate surface area is 168 Å². The minimum atomic E-state index is -0.818. The minimum Gasteiger partial charge on any atom is -0.481 e. The standard InChI is InChI=1S/C21H25N3O3S/c25-19(14-6-7-17-18(8-14)28-13-22-17)24-10-15-9-23(16-4-2-1-3-5-16)11-21(15,12-24)20(26)27/h6-8,13,15-16H,1-5,9-12H2,(H,26,27)/t15-,21-/m1/s1. The summed E-state index contributed by atoms with van der Waals surface area (Å²) in [4.78, 5) is 33.8. The largest absolute Gasteiger partial charge is 0.481 e. The van der Waals surface area contributed by atoms with Crippen LogP contribution in [-0.2, 0) is 4.79 Å². The average Bonchev–Trinajstić information content (AvgIpc) is 3.40. The Morgan fingerprint density at radius 3 is 2.71 bits per heavy atom. The predicted molar refractivity (Wildman–Crippen MR) is 108 cm³/mol. The molecule has 1 saturated carbocycles. The van der Waals surface area contributed by atoms with E-state index in [2.05, 4.69) is 9.88 Å². The van der Waals surface area contributed by atoms with Crippen molar-refractivity contribution in [1.82, 2.24) is 14.8 Å². The molecule has 2 atom stereocenters. The molecule has 2 saturated heterocycles. The van der Waals surface area contributed by atoms with Gasteiger partial charge in [0.15, 0.2) is 0 Å². The first kappa shape index (κ1) is 18.1. The minimum absolute atomic E-state index is 0.0167. The normalized spacial score (nSPS) is 28.7. The van der Waals surface area contributed by atoms with Crippen molar-refractivity contribution >= 4 is 33.4 Å². The molecule has 7 heteroatoms. The number of aromatic nitrogens is 1. The molecule has 0 bridgehead atoms. The molecule has 0 radical (unpaired) electrons. The van der Waals surface area contributed by atoms with Crippen LogP contribution in [0.15, 0.2) is 23.7 Å². The molecule has 5 rings (SSSR count). The molecule has 1 N–H and O–H groups in total. The summed E-state index contributed by atoms with van der Waals surface area (Å²) in [6.45, 7) is 2.23. The summed E-state index contributed by atoms with van der Waals surface area (Å²) in [5, 5.41) is 10.1. The van der Waals surface area contributed by atoms with Crippen LogP contribution in [0.25, 0.3) is 10.2 Å². The third-order valence-corrected chi connectivity index (χ3v) is 7.81. The van der Waals surface area contributed by atoms with Crippen LogP contribution < -0.4 is 0 Å². The zero-order valence-electron chi connectivity index (χ0n) is 15.8. The molecule has 1 aliphatic carbocycles. The molecular weight excluding hydrogens is 374 g/mol. The molecule has 1 aromatic carbocycles. The highest BCUT2D eigenvalue weighted by molar-refractivity contribution is 7.16. The van der Waals surface area contributed by atoms with E-state index in [-0.39, 0.29) is 11.8 Å². The average molecular weight is 400 g/mol. The molecule has 0 spiro atoms. The first-order chi connectivity index (χ1) is 13.6. The molecule has 148 valence electrons. The van der Waals surface area contributed by atoms with E-state index in [0.717, 1.165) is 16.8 Å². The maximum atomic E-state index is 13.1. The van der Waals surface area contributed by atoms with Gasteiger partial charge in [-0.05, 0) is 31.0 Å². The number of carbonyl (C=O) groups excluding carboxylic acids is 1. The maximum absolute atomic E-state index is 13.1. The van der Waals surface area contributed by atoms with Crippen LogP contribution in [-0.4, -0.2) is 64.0 Å². The quantitative estimate of drug-likeness (QED) is 0.859. The maximum Gasteiger partial charge on any atom is 0.313 e. The second-order valence-corrected chi connectivity index (χ2v) is 9.49. The lowest BCUT2D eigenvalue weighted by atomic mass is 9.81. The number of fused-ring (bicyclic) bond motifs is 2. The third-order valence-electron chi connectivity index (χ3n) is 7.02. The SMILES string of the molecule is O=C(c1ccc2ncsc2c1)N1C[C@H]2CN(C3CCCCC3)C[C@@]2(C(=O)O)C1. The molecule has 1 aromatic heterocycles. The van der Waals surface area contributed by atoms with Crippen molar-refractivity contribution in [2.75, 3.05) is 26.2 Å². The Bertz CT molecular complexity index is 923. The topological polar surface area (TPSA) is 73.7 Å². The van der Waals surface area contributed by atoms with Crippen molar-refractivity contribution in [2.24, 2.45) is 11.3 Å². The van der Waals surface area contributed by atoms with Gasteiger partial charge in [-0.15, -0.1) is 11.3 Å². The van der Waals surface area contributed by atoms with Crippen molar-refractivity contribution in [1.29, 1.82) is 0 Å². The van der Waals surface area contributed by atoms with Gasteiger partial charge in [0, 0.05) is 43.7 Å². The fourth-order valence-corrected chi connectivity index (χ4v) is 6.17. The monoisotopic (exact) mass is 399 g/mol. The Kier molecular flexibility index (Phi) is 4.39. The van der Waals surface area contributed by atoms with Gasteiger partial charge in [0.1, 0.15) is 5.41 Å². The molecule has 28 heavy (non-hydrogen) atoms. The molecule has 6 nitrogen and oxygen atoms in total. The Hall–Kier alpha value is -1.99. The molecule has 2 aromatic rings. The van der Waals surface area contributed by atoms with Gasteiger partial charge >= 0.3 is 5.97 Å². The highest BCUT2D eigenvalue weighted by Crippen LogP contribution is 2.45. The van der Waals surface area contributed by atoms with E-state index < -0.39 is 11.4 Å². The van der Waals surface area contributed by atoms with Crippen LogP contribution >= 0.6 is 11.3 Å². The summed E-state index contributed by atoms with van der Waals surface area (Å²) in [6.07, 6.45) is 6.15. The van der Waals surface area contributed by atoms with Crippen molar-refractivity contribution in [3.05, 3.63) is 29.3 Å². The highest BCUT2D eigenvalue weighted by atomic mass is 32.1. The van der Waals surface area contributed by atoms with Crippen LogP contribution in [0.3, 0.4) is 0 Å². The molecule has 0 unspecified atom stereocenters. The van der Waals surface area contributed by atoms with Crippen molar-refractivity contribution < 1.29 is 14.7 Å². The van der Waals surface area contributed by atoms with E-state index in [4.69, 9.17) is 0 Å². The number of amides is 1. The zero-order chi connectivity index (χ0) is 19.3. The molecule has 3 aliphatic rings. The van der Waals surface area contributed by atoms with E-state index in [1.165, 1.54) is 43.4 Å². The van der Waals surface area contributed by atoms with Crippen molar-refractivity contribution in [3.8, 4) is 0 Å². The Morgan fingerprint density at radius 2 is 1.96 bits per heavy atom. The molecular formula is C21H25N3O3S. The van der Waals surface area contributed by atoms with Gasteiger partial charge in [-0.2, -0.15) is 0 Å². The van der Waals surface area contributed by atoms with Crippen LogP contribution in [0.2, 0.25) is 0 Å². The van der Waals surface area contributed by atoms with E-state index in [1.807, 2.05) is 12.1 Å². The van der Waals surface area contributed by atoms with E-state index in [1.54, 1.807) is 16.5 Å². The predicted octanol–water partition coefficient (Wildman–Crippen LogP) is 3.09. The number of benzene rings is 1. The molecule has 3 fully saturated rings. The van der Waals surface area contributed by atoms with Crippen LogP contribution in [0.5, 0.6) is 0 Å². The summed E-state index contributed by atoms with van der Waals surface area (Å²) in [7, 11) is 0. The number of aliphatic carboxylic acids is 1. The molecule has 3 heterocycles.